The van der Waals surface area contributed by atoms with Gasteiger partial charge in [0, 0.05) is 23.8 Å². The van der Waals surface area contributed by atoms with Gasteiger partial charge < -0.3 is 9.67 Å². The van der Waals surface area contributed by atoms with Crippen molar-refractivity contribution in [1.29, 1.82) is 0 Å². The van der Waals surface area contributed by atoms with E-state index in [1.165, 1.54) is 22.9 Å². The molecular weight excluding hydrogens is 332 g/mol. The van der Waals surface area contributed by atoms with Crippen LogP contribution >= 0.6 is 23.1 Å². The molecule has 0 fully saturated rings. The maximum Gasteiger partial charge on any atom is 0.367 e. The molecule has 3 aromatic rings. The van der Waals surface area contributed by atoms with E-state index < -0.39 is 5.97 Å². The minimum absolute atomic E-state index is 0. The van der Waals surface area contributed by atoms with Crippen LogP contribution in [0.15, 0.2) is 41.3 Å². The Morgan fingerprint density at radius 1 is 1.39 bits per heavy atom. The second-order valence-electron chi connectivity index (χ2n) is 4.55. The highest BCUT2D eigenvalue weighted by molar-refractivity contribution is 8.00. The average Bonchev–Trinajstić information content (AvgIpc) is 3.17. The highest BCUT2D eigenvalue weighted by Crippen LogP contribution is 2.27. The van der Waals surface area contributed by atoms with Crippen molar-refractivity contribution in [3.05, 3.63) is 53.1 Å². The molecule has 1 N–H and O–H groups in total. The fourth-order valence-electron chi connectivity index (χ4n) is 1.91. The number of carboxylic acids is 1. The lowest BCUT2D eigenvalue weighted by molar-refractivity contribution is 0.0695. The number of imidazole rings is 1. The van der Waals surface area contributed by atoms with Crippen LogP contribution in [0.25, 0.3) is 5.69 Å². The van der Waals surface area contributed by atoms with Crippen molar-refractivity contribution in [2.75, 3.05) is 0 Å². The topological polar surface area (TPSA) is 80.9 Å². The number of nitrogens with zero attached hydrogens (tertiary/aromatic N) is 4. The number of hydrogen-bond donors (Lipinski definition) is 1. The molecule has 0 amide bonds. The molecule has 0 atom stereocenters. The van der Waals surface area contributed by atoms with E-state index in [2.05, 4.69) is 34.2 Å². The molecule has 0 bridgehead atoms. The maximum absolute atomic E-state index is 10.8. The lowest BCUT2D eigenvalue weighted by atomic mass is 10.1. The van der Waals surface area contributed by atoms with E-state index in [9.17, 15) is 4.79 Å². The zero-order valence-electron chi connectivity index (χ0n) is 11.6. The molecule has 0 saturated carbocycles. The Kier molecular flexibility index (Phi) is 5.51. The first-order valence-electron chi connectivity index (χ1n) is 6.41. The molecule has 0 radical (unpaired) electrons. The van der Waals surface area contributed by atoms with E-state index in [0.717, 1.165) is 22.8 Å². The molecule has 0 saturated heterocycles. The first kappa shape index (κ1) is 17.2. The summed E-state index contributed by atoms with van der Waals surface area (Å²) in [4.78, 5) is 14.8. The smallest absolute Gasteiger partial charge is 0.367 e. The summed E-state index contributed by atoms with van der Waals surface area (Å²) in [5, 5.41) is 16.4. The Morgan fingerprint density at radius 3 is 2.83 bits per heavy atom. The molecule has 6 nitrogen and oxygen atoms in total. The van der Waals surface area contributed by atoms with Gasteiger partial charge in [-0.3, -0.25) is 0 Å². The van der Waals surface area contributed by atoms with Gasteiger partial charge >= 0.3 is 5.97 Å². The number of thioether (sulfide) groups is 1. The van der Waals surface area contributed by atoms with Crippen molar-refractivity contribution in [2.24, 2.45) is 0 Å². The number of aromatic carboxylic acids is 1. The Morgan fingerprint density at radius 2 is 2.22 bits per heavy atom. The average molecular weight is 348 g/mol. The third-order valence-electron chi connectivity index (χ3n) is 3.07. The Hall–Kier alpha value is -2.19. The highest BCUT2D eigenvalue weighted by Gasteiger charge is 2.11. The van der Waals surface area contributed by atoms with Gasteiger partial charge in [-0.25, -0.2) is 9.78 Å². The number of hydrogen-bond acceptors (Lipinski definition) is 6. The molecule has 0 unspecified atom stereocenters. The monoisotopic (exact) mass is 348 g/mol. The van der Waals surface area contributed by atoms with Gasteiger partial charge in [0.15, 0.2) is 4.34 Å². The van der Waals surface area contributed by atoms with Crippen LogP contribution in [-0.4, -0.2) is 30.8 Å². The van der Waals surface area contributed by atoms with Crippen molar-refractivity contribution >= 4 is 29.1 Å². The molecular formula is C15H16N4O2S2. The van der Waals surface area contributed by atoms with Crippen LogP contribution < -0.4 is 0 Å². The molecule has 0 aliphatic rings. The summed E-state index contributed by atoms with van der Waals surface area (Å²) < 4.78 is 2.61. The molecule has 3 rings (SSSR count). The van der Waals surface area contributed by atoms with E-state index >= 15 is 0 Å². The fraction of sp³-hybridized carbons (Fsp3) is 0.200. The van der Waals surface area contributed by atoms with Gasteiger partial charge in [-0.15, -0.1) is 10.2 Å². The zero-order chi connectivity index (χ0) is 15.5. The first-order valence-corrected chi connectivity index (χ1v) is 8.21. The SMILES string of the molecule is C.Cc1cc(-n2ccnc2)ccc1CSc1nnc(C(=O)O)s1. The molecule has 1 aromatic carbocycles. The van der Waals surface area contributed by atoms with E-state index in [4.69, 9.17) is 5.11 Å². The number of aryl methyl sites for hydroxylation is 1. The number of aromatic nitrogens is 4. The summed E-state index contributed by atoms with van der Waals surface area (Å²) in [6.07, 6.45) is 5.41. The van der Waals surface area contributed by atoms with Crippen molar-refractivity contribution < 1.29 is 9.90 Å². The van der Waals surface area contributed by atoms with Gasteiger partial charge in [0.1, 0.15) is 0 Å². The van der Waals surface area contributed by atoms with Gasteiger partial charge in [0.05, 0.1) is 6.33 Å². The van der Waals surface area contributed by atoms with E-state index in [0.29, 0.717) is 4.34 Å². The number of rotatable bonds is 5. The van der Waals surface area contributed by atoms with Crippen LogP contribution in [0.4, 0.5) is 0 Å². The normalized spacial score (nSPS) is 10.3. The number of carboxylic acid groups (broad SMARTS) is 1. The van der Waals surface area contributed by atoms with Crippen LogP contribution in [0, 0.1) is 6.92 Å². The number of benzene rings is 1. The summed E-state index contributed by atoms with van der Waals surface area (Å²) >= 11 is 2.59. The molecule has 23 heavy (non-hydrogen) atoms. The molecule has 2 aromatic heterocycles. The fourth-order valence-corrected chi connectivity index (χ4v) is 3.68. The first-order chi connectivity index (χ1) is 10.6. The predicted molar refractivity (Wildman–Crippen MR) is 91.5 cm³/mol. The van der Waals surface area contributed by atoms with Crippen LogP contribution in [0.2, 0.25) is 0 Å². The maximum atomic E-state index is 10.8. The lowest BCUT2D eigenvalue weighted by Crippen LogP contribution is -1.93. The third-order valence-corrected chi connectivity index (χ3v) is 5.16. The highest BCUT2D eigenvalue weighted by atomic mass is 32.2. The van der Waals surface area contributed by atoms with Crippen molar-refractivity contribution in [3.8, 4) is 5.69 Å². The summed E-state index contributed by atoms with van der Waals surface area (Å²) in [6.45, 7) is 2.05. The van der Waals surface area contributed by atoms with Gasteiger partial charge in [0.2, 0.25) is 5.01 Å². The Labute approximate surface area is 142 Å². The Bertz CT molecular complexity index is 800. The molecule has 8 heteroatoms. The standard InChI is InChI=1S/C14H12N4O2S2.CH4/c1-9-6-11(18-5-4-15-8-18)3-2-10(9)7-21-14-17-16-12(22-14)13(19)20;/h2-6,8H,7H2,1H3,(H,19,20);1H4. The van der Waals surface area contributed by atoms with Crippen LogP contribution in [0.1, 0.15) is 28.4 Å². The second kappa shape index (κ2) is 7.38. The number of carbonyl (C=O) groups is 1. The third kappa shape index (κ3) is 3.96. The largest absolute Gasteiger partial charge is 0.476 e. The van der Waals surface area contributed by atoms with Crippen molar-refractivity contribution in [2.45, 2.75) is 24.4 Å². The van der Waals surface area contributed by atoms with Crippen molar-refractivity contribution in [1.82, 2.24) is 19.7 Å². The zero-order valence-corrected chi connectivity index (χ0v) is 13.3. The van der Waals surface area contributed by atoms with E-state index in [-0.39, 0.29) is 12.4 Å². The Balaban J connectivity index is 0.00000192. The van der Waals surface area contributed by atoms with Crippen LogP contribution in [0.5, 0.6) is 0 Å². The van der Waals surface area contributed by atoms with Crippen LogP contribution in [0.3, 0.4) is 0 Å². The molecule has 0 aliphatic carbocycles. The summed E-state index contributed by atoms with van der Waals surface area (Å²) in [7, 11) is 0. The minimum Gasteiger partial charge on any atom is -0.476 e. The van der Waals surface area contributed by atoms with E-state index in [1.807, 2.05) is 16.8 Å². The summed E-state index contributed by atoms with van der Waals surface area (Å²) in [5.41, 5.74) is 3.41. The second-order valence-corrected chi connectivity index (χ2v) is 6.75. The molecule has 120 valence electrons. The van der Waals surface area contributed by atoms with Gasteiger partial charge in [-0.05, 0) is 30.2 Å². The van der Waals surface area contributed by atoms with Crippen LogP contribution in [-0.2, 0) is 5.75 Å². The molecule has 0 aliphatic heterocycles. The molecule has 2 heterocycles. The quantitative estimate of drug-likeness (QED) is 0.709. The van der Waals surface area contributed by atoms with Gasteiger partial charge in [-0.1, -0.05) is 36.6 Å². The minimum atomic E-state index is -1.04. The van der Waals surface area contributed by atoms with E-state index in [1.54, 1.807) is 12.5 Å². The van der Waals surface area contributed by atoms with Crippen molar-refractivity contribution in [3.63, 3.8) is 0 Å². The lowest BCUT2D eigenvalue weighted by Gasteiger charge is -2.08. The van der Waals surface area contributed by atoms with Gasteiger partial charge in [0.25, 0.3) is 0 Å². The predicted octanol–water partition coefficient (Wildman–Crippen LogP) is 3.66. The van der Waals surface area contributed by atoms with Gasteiger partial charge in [-0.2, -0.15) is 0 Å². The molecule has 0 spiro atoms. The summed E-state index contributed by atoms with van der Waals surface area (Å²) in [5.74, 6) is -0.310. The summed E-state index contributed by atoms with van der Waals surface area (Å²) in [6, 6.07) is 6.20.